The van der Waals surface area contributed by atoms with Gasteiger partial charge < -0.3 is 5.11 Å². The number of rotatable bonds is 4. The number of carbonyl (C=O) groups excluding carboxylic acids is 1. The molecular weight excluding hydrogens is 232 g/mol. The molecule has 0 amide bonds. The molecule has 2 aromatic rings. The van der Waals surface area contributed by atoms with Crippen molar-refractivity contribution in [2.24, 2.45) is 0 Å². The molecule has 4 heteroatoms. The van der Waals surface area contributed by atoms with Crippen LogP contribution in [0.2, 0.25) is 0 Å². The van der Waals surface area contributed by atoms with Crippen LogP contribution in [0.25, 0.3) is 0 Å². The average molecular weight is 244 g/mol. The molecule has 2 rings (SSSR count). The maximum absolute atomic E-state index is 12.2. The number of ketones is 1. The third-order valence-electron chi connectivity index (χ3n) is 2.64. The first-order valence-electron chi connectivity index (χ1n) is 5.39. The maximum Gasteiger partial charge on any atom is 0.289 e. The van der Waals surface area contributed by atoms with Crippen LogP contribution < -0.4 is 0 Å². The van der Waals surface area contributed by atoms with E-state index in [1.165, 1.54) is 24.3 Å². The highest BCUT2D eigenvalue weighted by Gasteiger charge is 2.40. The standard InChI is InChI=1S/C14H12O4/c15-13(11-7-3-1-4-8-11)14(16,18-17)12-9-5-2-6-10-12/h1-10,16-17H. The van der Waals surface area contributed by atoms with Crippen molar-refractivity contribution in [1.29, 1.82) is 0 Å². The molecule has 0 bridgehead atoms. The van der Waals surface area contributed by atoms with E-state index in [0.717, 1.165) is 0 Å². The molecule has 0 aromatic heterocycles. The van der Waals surface area contributed by atoms with Crippen molar-refractivity contribution in [3.63, 3.8) is 0 Å². The Hall–Kier alpha value is -2.01. The Bertz CT molecular complexity index is 524. The zero-order chi connectivity index (χ0) is 13.0. The Kier molecular flexibility index (Phi) is 3.53. The number of aliphatic hydroxyl groups is 1. The van der Waals surface area contributed by atoms with E-state index in [1.807, 2.05) is 0 Å². The van der Waals surface area contributed by atoms with Crippen molar-refractivity contribution in [3.8, 4) is 0 Å². The molecule has 0 heterocycles. The van der Waals surface area contributed by atoms with E-state index in [2.05, 4.69) is 4.89 Å². The van der Waals surface area contributed by atoms with Crippen LogP contribution in [0.4, 0.5) is 0 Å². The van der Waals surface area contributed by atoms with E-state index in [1.54, 1.807) is 36.4 Å². The van der Waals surface area contributed by atoms with E-state index in [4.69, 9.17) is 5.26 Å². The van der Waals surface area contributed by atoms with Crippen molar-refractivity contribution in [2.45, 2.75) is 5.79 Å². The zero-order valence-corrected chi connectivity index (χ0v) is 9.48. The number of carbonyl (C=O) groups is 1. The third-order valence-corrected chi connectivity index (χ3v) is 2.64. The lowest BCUT2D eigenvalue weighted by Crippen LogP contribution is -2.37. The average Bonchev–Trinajstić information content (AvgIpc) is 2.47. The van der Waals surface area contributed by atoms with Gasteiger partial charge in [-0.2, -0.15) is 4.89 Å². The van der Waals surface area contributed by atoms with E-state index in [-0.39, 0.29) is 11.1 Å². The summed E-state index contributed by atoms with van der Waals surface area (Å²) in [7, 11) is 0. The number of hydrogen-bond donors (Lipinski definition) is 2. The molecule has 0 aliphatic carbocycles. The first-order chi connectivity index (χ1) is 8.68. The van der Waals surface area contributed by atoms with E-state index >= 15 is 0 Å². The minimum Gasteiger partial charge on any atom is -0.354 e. The molecule has 0 saturated carbocycles. The van der Waals surface area contributed by atoms with Crippen LogP contribution in [0.5, 0.6) is 0 Å². The van der Waals surface area contributed by atoms with Gasteiger partial charge in [0, 0.05) is 11.1 Å². The highest BCUT2D eigenvalue weighted by molar-refractivity contribution is 6.01. The summed E-state index contributed by atoms with van der Waals surface area (Å²) in [6.07, 6.45) is 0. The molecule has 0 aliphatic rings. The summed E-state index contributed by atoms with van der Waals surface area (Å²) < 4.78 is 0. The summed E-state index contributed by atoms with van der Waals surface area (Å²) >= 11 is 0. The van der Waals surface area contributed by atoms with Crippen molar-refractivity contribution >= 4 is 5.78 Å². The summed E-state index contributed by atoms with van der Waals surface area (Å²) in [6.45, 7) is 0. The molecule has 1 unspecified atom stereocenters. The van der Waals surface area contributed by atoms with E-state index < -0.39 is 11.6 Å². The summed E-state index contributed by atoms with van der Waals surface area (Å²) in [5.41, 5.74) is 0.416. The van der Waals surface area contributed by atoms with Crippen molar-refractivity contribution in [1.82, 2.24) is 0 Å². The van der Waals surface area contributed by atoms with Crippen LogP contribution in [0, 0.1) is 0 Å². The molecule has 0 spiro atoms. The van der Waals surface area contributed by atoms with Gasteiger partial charge in [0.2, 0.25) is 5.78 Å². The monoisotopic (exact) mass is 244 g/mol. The van der Waals surface area contributed by atoms with Gasteiger partial charge in [0.15, 0.2) is 0 Å². The SMILES string of the molecule is O=C(c1ccccc1)C(O)(OO)c1ccccc1. The topological polar surface area (TPSA) is 66.8 Å². The molecule has 18 heavy (non-hydrogen) atoms. The Labute approximate surface area is 104 Å². The summed E-state index contributed by atoms with van der Waals surface area (Å²) in [4.78, 5) is 16.2. The molecule has 4 nitrogen and oxygen atoms in total. The van der Waals surface area contributed by atoms with Crippen LogP contribution in [0.1, 0.15) is 15.9 Å². The molecule has 2 N–H and O–H groups in total. The normalized spacial score (nSPS) is 13.9. The van der Waals surface area contributed by atoms with Gasteiger partial charge in [0.1, 0.15) is 0 Å². The second-order valence-electron chi connectivity index (χ2n) is 3.80. The van der Waals surface area contributed by atoms with Gasteiger partial charge in [0.25, 0.3) is 5.79 Å². The largest absolute Gasteiger partial charge is 0.354 e. The van der Waals surface area contributed by atoms with Gasteiger partial charge in [-0.25, -0.2) is 5.26 Å². The number of hydrogen-bond acceptors (Lipinski definition) is 4. The lowest BCUT2D eigenvalue weighted by Gasteiger charge is -2.23. The lowest BCUT2D eigenvalue weighted by molar-refractivity contribution is -0.375. The van der Waals surface area contributed by atoms with Crippen LogP contribution in [-0.2, 0) is 10.7 Å². The van der Waals surface area contributed by atoms with Crippen LogP contribution in [-0.4, -0.2) is 16.1 Å². The second-order valence-corrected chi connectivity index (χ2v) is 3.80. The molecule has 0 saturated heterocycles. The molecule has 92 valence electrons. The second kappa shape index (κ2) is 5.10. The number of benzene rings is 2. The fourth-order valence-electron chi connectivity index (χ4n) is 1.67. The van der Waals surface area contributed by atoms with Gasteiger partial charge >= 0.3 is 0 Å². The molecule has 2 aromatic carbocycles. The van der Waals surface area contributed by atoms with Crippen LogP contribution in [0.3, 0.4) is 0 Å². The first-order valence-corrected chi connectivity index (χ1v) is 5.39. The minimum atomic E-state index is -2.39. The fraction of sp³-hybridized carbons (Fsp3) is 0.0714. The molecule has 0 fully saturated rings. The van der Waals surface area contributed by atoms with Gasteiger partial charge in [-0.1, -0.05) is 60.7 Å². The first kappa shape index (κ1) is 12.4. The zero-order valence-electron chi connectivity index (χ0n) is 9.48. The van der Waals surface area contributed by atoms with Gasteiger partial charge in [-0.15, -0.1) is 0 Å². The fourth-order valence-corrected chi connectivity index (χ4v) is 1.67. The summed E-state index contributed by atoms with van der Waals surface area (Å²) in [5.74, 6) is -3.11. The van der Waals surface area contributed by atoms with Crippen LogP contribution in [0.15, 0.2) is 60.7 Å². The van der Waals surface area contributed by atoms with Crippen molar-refractivity contribution in [2.75, 3.05) is 0 Å². The summed E-state index contributed by atoms with van der Waals surface area (Å²) in [5, 5.41) is 19.1. The van der Waals surface area contributed by atoms with Crippen molar-refractivity contribution in [3.05, 3.63) is 71.8 Å². The van der Waals surface area contributed by atoms with E-state index in [9.17, 15) is 9.90 Å². The number of Topliss-reactive ketones (excluding diaryl/α,β-unsaturated/α-hetero) is 1. The van der Waals surface area contributed by atoms with Crippen LogP contribution >= 0.6 is 0 Å². The quantitative estimate of drug-likeness (QED) is 0.374. The molecular formula is C14H12O4. The van der Waals surface area contributed by atoms with Gasteiger partial charge in [-0.3, -0.25) is 4.79 Å². The molecule has 0 aliphatic heterocycles. The maximum atomic E-state index is 12.2. The predicted octanol–water partition coefficient (Wildman–Crippen LogP) is 2.20. The predicted molar refractivity (Wildman–Crippen MR) is 64.8 cm³/mol. The Balaban J connectivity index is 2.43. The Morgan fingerprint density at radius 3 is 1.94 bits per heavy atom. The smallest absolute Gasteiger partial charge is 0.289 e. The minimum absolute atomic E-state index is 0.168. The highest BCUT2D eigenvalue weighted by atomic mass is 17.1. The van der Waals surface area contributed by atoms with E-state index in [0.29, 0.717) is 0 Å². The highest BCUT2D eigenvalue weighted by Crippen LogP contribution is 2.26. The Morgan fingerprint density at radius 2 is 1.44 bits per heavy atom. The van der Waals surface area contributed by atoms with Crippen molar-refractivity contribution < 1.29 is 20.0 Å². The lowest BCUT2D eigenvalue weighted by atomic mass is 9.96. The third kappa shape index (κ3) is 2.17. The van der Waals surface area contributed by atoms with Gasteiger partial charge in [0.05, 0.1) is 0 Å². The Morgan fingerprint density at radius 1 is 0.944 bits per heavy atom. The van der Waals surface area contributed by atoms with Gasteiger partial charge in [-0.05, 0) is 0 Å². The summed E-state index contributed by atoms with van der Waals surface area (Å²) in [6, 6.07) is 16.1. The molecule has 1 atom stereocenters. The molecule has 0 radical (unpaired) electrons.